The van der Waals surface area contributed by atoms with Crippen LogP contribution in [0.5, 0.6) is 5.88 Å². The third-order valence-electron chi connectivity index (χ3n) is 1.38. The van der Waals surface area contributed by atoms with Crippen LogP contribution >= 0.6 is 0 Å². The van der Waals surface area contributed by atoms with Crippen molar-refractivity contribution >= 4 is 0 Å². The predicted molar refractivity (Wildman–Crippen MR) is 46.2 cm³/mol. The van der Waals surface area contributed by atoms with Gasteiger partial charge >= 0.3 is 0 Å². The highest BCUT2D eigenvalue weighted by Crippen LogP contribution is 2.02. The second-order valence-corrected chi connectivity index (χ2v) is 2.46. The van der Waals surface area contributed by atoms with E-state index in [1.807, 2.05) is 26.1 Å². The third-order valence-corrected chi connectivity index (χ3v) is 1.38. The zero-order valence-electron chi connectivity index (χ0n) is 7.37. The molecule has 1 heterocycles. The van der Waals surface area contributed by atoms with E-state index in [1.54, 1.807) is 0 Å². The van der Waals surface area contributed by atoms with E-state index < -0.39 is 0 Å². The Kier molecular flexibility index (Phi) is 3.47. The predicted octanol–water partition coefficient (Wildman–Crippen LogP) is 0.383. The molecule has 0 amide bonds. The van der Waals surface area contributed by atoms with Crippen molar-refractivity contribution in [3.8, 4) is 5.88 Å². The van der Waals surface area contributed by atoms with Crippen LogP contribution in [0, 0.1) is 6.92 Å². The van der Waals surface area contributed by atoms with Crippen LogP contribution in [-0.2, 0) is 0 Å². The molecule has 0 fully saturated rings. The van der Waals surface area contributed by atoms with Crippen molar-refractivity contribution in [2.24, 2.45) is 0 Å². The van der Waals surface area contributed by atoms with Gasteiger partial charge in [-0.15, -0.1) is 5.10 Å². The summed E-state index contributed by atoms with van der Waals surface area (Å²) in [4.78, 5) is 0. The van der Waals surface area contributed by atoms with Crippen molar-refractivity contribution < 1.29 is 4.74 Å². The molecule has 4 heteroatoms. The maximum Gasteiger partial charge on any atom is 0.233 e. The largest absolute Gasteiger partial charge is 0.475 e. The van der Waals surface area contributed by atoms with E-state index in [-0.39, 0.29) is 0 Å². The first kappa shape index (κ1) is 8.93. The molecule has 0 saturated carbocycles. The van der Waals surface area contributed by atoms with Crippen molar-refractivity contribution in [3.05, 3.63) is 17.8 Å². The van der Waals surface area contributed by atoms with E-state index in [4.69, 9.17) is 4.74 Å². The number of rotatable bonds is 4. The third kappa shape index (κ3) is 2.84. The first-order valence-corrected chi connectivity index (χ1v) is 3.90. The van der Waals surface area contributed by atoms with Crippen LogP contribution in [0.25, 0.3) is 0 Å². The molecular formula is C8H13N3O. The van der Waals surface area contributed by atoms with Crippen LogP contribution in [-0.4, -0.2) is 30.4 Å². The molecule has 0 saturated heterocycles. The van der Waals surface area contributed by atoms with Gasteiger partial charge in [0.05, 0.1) is 5.69 Å². The molecule has 0 radical (unpaired) electrons. The van der Waals surface area contributed by atoms with E-state index in [0.29, 0.717) is 12.5 Å². The first-order chi connectivity index (χ1) is 5.83. The summed E-state index contributed by atoms with van der Waals surface area (Å²) in [6, 6.07) is 3.69. The summed E-state index contributed by atoms with van der Waals surface area (Å²) < 4.78 is 5.27. The molecule has 1 aromatic rings. The minimum atomic E-state index is 0.579. The van der Waals surface area contributed by atoms with Gasteiger partial charge < -0.3 is 10.1 Å². The monoisotopic (exact) mass is 167 g/mol. The minimum Gasteiger partial charge on any atom is -0.475 e. The molecule has 0 atom stereocenters. The van der Waals surface area contributed by atoms with Gasteiger partial charge in [-0.25, -0.2) is 0 Å². The first-order valence-electron chi connectivity index (χ1n) is 3.90. The van der Waals surface area contributed by atoms with Crippen LogP contribution < -0.4 is 10.1 Å². The average molecular weight is 167 g/mol. The Bertz CT molecular complexity index is 222. The quantitative estimate of drug-likeness (QED) is 0.659. The van der Waals surface area contributed by atoms with E-state index in [9.17, 15) is 0 Å². The van der Waals surface area contributed by atoms with Gasteiger partial charge in [0.25, 0.3) is 0 Å². The fourth-order valence-electron chi connectivity index (χ4n) is 0.721. The van der Waals surface area contributed by atoms with Crippen LogP contribution in [0.4, 0.5) is 0 Å². The number of hydrogen-bond donors (Lipinski definition) is 1. The Morgan fingerprint density at radius 2 is 2.25 bits per heavy atom. The van der Waals surface area contributed by atoms with Crippen LogP contribution in [0.3, 0.4) is 0 Å². The van der Waals surface area contributed by atoms with E-state index in [2.05, 4.69) is 15.5 Å². The molecule has 0 aliphatic rings. The van der Waals surface area contributed by atoms with Crippen molar-refractivity contribution in [1.29, 1.82) is 0 Å². The summed E-state index contributed by atoms with van der Waals surface area (Å²) in [7, 11) is 1.88. The summed E-state index contributed by atoms with van der Waals surface area (Å²) in [5.74, 6) is 0.579. The summed E-state index contributed by atoms with van der Waals surface area (Å²) in [6.45, 7) is 3.33. The molecule has 0 aliphatic heterocycles. The molecule has 66 valence electrons. The van der Waals surface area contributed by atoms with Gasteiger partial charge in [-0.3, -0.25) is 0 Å². The Morgan fingerprint density at radius 1 is 1.42 bits per heavy atom. The topological polar surface area (TPSA) is 47.0 Å². The standard InChI is InChI=1S/C8H13N3O/c1-7-3-4-8(11-10-7)12-6-5-9-2/h3-4,9H,5-6H2,1-2H3. The fraction of sp³-hybridized carbons (Fsp3) is 0.500. The van der Waals surface area contributed by atoms with Crippen molar-refractivity contribution in [1.82, 2.24) is 15.5 Å². The number of hydrogen-bond acceptors (Lipinski definition) is 4. The Hall–Kier alpha value is -1.16. The maximum atomic E-state index is 5.27. The molecule has 0 aliphatic carbocycles. The zero-order chi connectivity index (χ0) is 8.81. The summed E-state index contributed by atoms with van der Waals surface area (Å²) in [5.41, 5.74) is 0.899. The van der Waals surface area contributed by atoms with Crippen molar-refractivity contribution in [2.45, 2.75) is 6.92 Å². The number of nitrogens with zero attached hydrogens (tertiary/aromatic N) is 2. The highest BCUT2D eigenvalue weighted by Gasteiger charge is 1.93. The fourth-order valence-corrected chi connectivity index (χ4v) is 0.721. The Morgan fingerprint density at radius 3 is 2.83 bits per heavy atom. The van der Waals surface area contributed by atoms with Gasteiger partial charge in [-0.05, 0) is 20.0 Å². The molecule has 12 heavy (non-hydrogen) atoms. The normalized spacial score (nSPS) is 9.83. The SMILES string of the molecule is CNCCOc1ccc(C)nn1. The second-order valence-electron chi connectivity index (χ2n) is 2.46. The molecule has 0 unspecified atom stereocenters. The highest BCUT2D eigenvalue weighted by atomic mass is 16.5. The molecular weight excluding hydrogens is 154 g/mol. The zero-order valence-corrected chi connectivity index (χ0v) is 7.37. The number of aryl methyl sites for hydroxylation is 1. The second kappa shape index (κ2) is 4.66. The van der Waals surface area contributed by atoms with E-state index in [0.717, 1.165) is 12.2 Å². The lowest BCUT2D eigenvalue weighted by Crippen LogP contribution is -2.16. The summed E-state index contributed by atoms with van der Waals surface area (Å²) in [6.07, 6.45) is 0. The van der Waals surface area contributed by atoms with Crippen LogP contribution in [0.1, 0.15) is 5.69 Å². The average Bonchev–Trinajstić information content (AvgIpc) is 2.09. The number of likely N-dealkylation sites (N-methyl/N-ethyl adjacent to an activating group) is 1. The van der Waals surface area contributed by atoms with Gasteiger partial charge in [-0.1, -0.05) is 0 Å². The van der Waals surface area contributed by atoms with Gasteiger partial charge in [0.2, 0.25) is 5.88 Å². The Balaban J connectivity index is 2.37. The Labute approximate surface area is 72.0 Å². The lowest BCUT2D eigenvalue weighted by molar-refractivity contribution is 0.302. The van der Waals surface area contributed by atoms with E-state index in [1.165, 1.54) is 0 Å². The highest BCUT2D eigenvalue weighted by molar-refractivity contribution is 5.09. The molecule has 1 N–H and O–H groups in total. The molecule has 0 bridgehead atoms. The number of aromatic nitrogens is 2. The lowest BCUT2D eigenvalue weighted by atomic mass is 10.4. The molecule has 0 spiro atoms. The summed E-state index contributed by atoms with van der Waals surface area (Å²) in [5, 5.41) is 10.7. The molecule has 4 nitrogen and oxygen atoms in total. The van der Waals surface area contributed by atoms with Gasteiger partial charge in [-0.2, -0.15) is 5.10 Å². The maximum absolute atomic E-state index is 5.27. The lowest BCUT2D eigenvalue weighted by Gasteiger charge is -2.02. The molecule has 0 aromatic carbocycles. The van der Waals surface area contributed by atoms with Gasteiger partial charge in [0.1, 0.15) is 6.61 Å². The van der Waals surface area contributed by atoms with E-state index >= 15 is 0 Å². The number of nitrogens with one attached hydrogen (secondary N) is 1. The van der Waals surface area contributed by atoms with Crippen molar-refractivity contribution in [2.75, 3.05) is 20.2 Å². The summed E-state index contributed by atoms with van der Waals surface area (Å²) >= 11 is 0. The smallest absolute Gasteiger partial charge is 0.233 e. The van der Waals surface area contributed by atoms with Gasteiger partial charge in [0.15, 0.2) is 0 Å². The van der Waals surface area contributed by atoms with Gasteiger partial charge in [0, 0.05) is 12.6 Å². The molecule has 1 rings (SSSR count). The molecule has 1 aromatic heterocycles. The van der Waals surface area contributed by atoms with Crippen LogP contribution in [0.15, 0.2) is 12.1 Å². The van der Waals surface area contributed by atoms with Crippen molar-refractivity contribution in [3.63, 3.8) is 0 Å². The van der Waals surface area contributed by atoms with Crippen LogP contribution in [0.2, 0.25) is 0 Å². The number of ether oxygens (including phenoxy) is 1. The minimum absolute atomic E-state index is 0.579.